The third-order valence-electron chi connectivity index (χ3n) is 4.71. The van der Waals surface area contributed by atoms with E-state index in [4.69, 9.17) is 16.3 Å². The van der Waals surface area contributed by atoms with Gasteiger partial charge in [-0.1, -0.05) is 55.8 Å². The second-order valence-electron chi connectivity index (χ2n) is 6.60. The number of phenolic OH excluding ortho intramolecular Hbond substituents is 1. The minimum absolute atomic E-state index is 0.0226. The van der Waals surface area contributed by atoms with Crippen LogP contribution in [0.4, 0.5) is 8.78 Å². The van der Waals surface area contributed by atoms with Gasteiger partial charge in [-0.05, 0) is 53.4 Å². The highest BCUT2D eigenvalue weighted by molar-refractivity contribution is 6.32. The molecule has 0 fully saturated rings. The van der Waals surface area contributed by atoms with Crippen molar-refractivity contribution in [2.75, 3.05) is 6.61 Å². The van der Waals surface area contributed by atoms with Crippen molar-refractivity contribution >= 4 is 17.5 Å². The van der Waals surface area contributed by atoms with E-state index in [2.05, 4.69) is 18.2 Å². The molecule has 0 bridgehead atoms. The Balaban J connectivity index is 0.000000860. The minimum Gasteiger partial charge on any atom is -0.506 e. The van der Waals surface area contributed by atoms with Gasteiger partial charge in [0.15, 0.2) is 0 Å². The third-order valence-corrected chi connectivity index (χ3v) is 5.00. The predicted molar refractivity (Wildman–Crippen MR) is 127 cm³/mol. The lowest BCUT2D eigenvalue weighted by molar-refractivity contribution is 0.317. The first kappa shape index (κ1) is 25.1. The molecular formula is C26H26ClF2NO2. The van der Waals surface area contributed by atoms with E-state index < -0.39 is 11.6 Å². The summed E-state index contributed by atoms with van der Waals surface area (Å²) >= 11 is 6.06. The van der Waals surface area contributed by atoms with Gasteiger partial charge in [0.2, 0.25) is 5.90 Å². The van der Waals surface area contributed by atoms with E-state index in [1.807, 2.05) is 44.2 Å². The normalized spacial score (nSPS) is 14.3. The Bertz CT molecular complexity index is 1050. The van der Waals surface area contributed by atoms with Crippen molar-refractivity contribution in [2.24, 2.45) is 4.99 Å². The van der Waals surface area contributed by atoms with Crippen molar-refractivity contribution in [1.82, 2.24) is 0 Å². The number of benzene rings is 3. The molecule has 1 aliphatic rings. The van der Waals surface area contributed by atoms with Gasteiger partial charge < -0.3 is 9.84 Å². The summed E-state index contributed by atoms with van der Waals surface area (Å²) in [6.45, 7) is 12.0. The summed E-state index contributed by atoms with van der Waals surface area (Å²) in [6.07, 6.45) is 0. The summed E-state index contributed by atoms with van der Waals surface area (Å²) in [5, 5.41) is 10.1. The molecule has 0 spiro atoms. The molecule has 1 N–H and O–H groups in total. The van der Waals surface area contributed by atoms with Crippen molar-refractivity contribution in [3.05, 3.63) is 101 Å². The van der Waals surface area contributed by atoms with Crippen LogP contribution in [-0.2, 0) is 4.74 Å². The number of aryl methyl sites for hydroxylation is 1. The van der Waals surface area contributed by atoms with Gasteiger partial charge in [0.05, 0.1) is 5.02 Å². The Morgan fingerprint density at radius 2 is 1.59 bits per heavy atom. The molecular weight excluding hydrogens is 432 g/mol. The van der Waals surface area contributed by atoms with E-state index in [-0.39, 0.29) is 29.9 Å². The number of hydrogen-bond donors (Lipinski definition) is 1. The summed E-state index contributed by atoms with van der Waals surface area (Å²) in [7, 11) is 0. The highest BCUT2D eigenvalue weighted by Gasteiger charge is 2.26. The molecule has 0 amide bonds. The third kappa shape index (κ3) is 5.35. The van der Waals surface area contributed by atoms with E-state index in [0.29, 0.717) is 10.6 Å². The van der Waals surface area contributed by atoms with Gasteiger partial charge in [-0.2, -0.15) is 0 Å². The summed E-state index contributed by atoms with van der Waals surface area (Å²) < 4.78 is 33.3. The van der Waals surface area contributed by atoms with E-state index >= 15 is 0 Å². The number of phenols is 1. The van der Waals surface area contributed by atoms with Crippen LogP contribution in [0, 0.1) is 18.6 Å². The van der Waals surface area contributed by atoms with E-state index in [9.17, 15) is 13.9 Å². The molecule has 1 atom stereocenters. The first-order valence-corrected chi connectivity index (χ1v) is 10.6. The van der Waals surface area contributed by atoms with Crippen LogP contribution in [0.25, 0.3) is 11.1 Å². The van der Waals surface area contributed by atoms with Crippen molar-refractivity contribution in [3.63, 3.8) is 0 Å². The molecule has 1 unspecified atom stereocenters. The van der Waals surface area contributed by atoms with Crippen LogP contribution in [0.2, 0.25) is 5.02 Å². The topological polar surface area (TPSA) is 41.8 Å². The zero-order valence-electron chi connectivity index (χ0n) is 18.3. The van der Waals surface area contributed by atoms with Crippen LogP contribution in [0.3, 0.4) is 0 Å². The Kier molecular flexibility index (Phi) is 8.97. The molecule has 6 heteroatoms. The van der Waals surface area contributed by atoms with Crippen LogP contribution >= 0.6 is 11.6 Å². The smallest absolute Gasteiger partial charge is 0.222 e. The highest BCUT2D eigenvalue weighted by Crippen LogP contribution is 2.34. The Labute approximate surface area is 192 Å². The summed E-state index contributed by atoms with van der Waals surface area (Å²) in [6, 6.07) is 14.5. The average Bonchev–Trinajstić information content (AvgIpc) is 3.29. The van der Waals surface area contributed by atoms with Crippen molar-refractivity contribution in [3.8, 4) is 16.9 Å². The van der Waals surface area contributed by atoms with Gasteiger partial charge in [0, 0.05) is 0 Å². The Hall–Kier alpha value is -3.18. The maximum atomic E-state index is 13.9. The molecule has 32 heavy (non-hydrogen) atoms. The number of nitrogens with zero attached hydrogens (tertiary/aromatic N) is 1. The summed E-state index contributed by atoms with van der Waals surface area (Å²) in [4.78, 5) is 4.35. The van der Waals surface area contributed by atoms with E-state index in [0.717, 1.165) is 16.7 Å². The number of aromatic hydroxyl groups is 1. The molecule has 1 aliphatic heterocycles. The van der Waals surface area contributed by atoms with Crippen LogP contribution in [0.1, 0.15) is 36.6 Å². The summed E-state index contributed by atoms with van der Waals surface area (Å²) in [5.74, 6) is -1.35. The quantitative estimate of drug-likeness (QED) is 0.410. The van der Waals surface area contributed by atoms with Crippen molar-refractivity contribution in [2.45, 2.75) is 26.8 Å². The fourth-order valence-electron chi connectivity index (χ4n) is 3.18. The molecule has 168 valence electrons. The number of rotatable bonds is 3. The largest absolute Gasteiger partial charge is 0.506 e. The molecule has 0 saturated carbocycles. The summed E-state index contributed by atoms with van der Waals surface area (Å²) in [5.41, 5.74) is 3.13. The molecule has 3 nitrogen and oxygen atoms in total. The van der Waals surface area contributed by atoms with Crippen LogP contribution < -0.4 is 0 Å². The van der Waals surface area contributed by atoms with E-state index in [1.54, 1.807) is 13.0 Å². The lowest BCUT2D eigenvalue weighted by Crippen LogP contribution is -2.07. The zero-order valence-corrected chi connectivity index (χ0v) is 19.1. The Morgan fingerprint density at radius 3 is 2.16 bits per heavy atom. The maximum absolute atomic E-state index is 13.9. The van der Waals surface area contributed by atoms with Crippen LogP contribution in [-0.4, -0.2) is 17.6 Å². The molecule has 1 heterocycles. The first-order valence-electron chi connectivity index (χ1n) is 10.2. The van der Waals surface area contributed by atoms with E-state index in [1.165, 1.54) is 18.2 Å². The lowest BCUT2D eigenvalue weighted by Gasteiger charge is -2.09. The molecule has 0 saturated heterocycles. The predicted octanol–water partition coefficient (Wildman–Crippen LogP) is 7.65. The fourth-order valence-corrected chi connectivity index (χ4v) is 3.45. The first-order chi connectivity index (χ1) is 15.4. The van der Waals surface area contributed by atoms with Gasteiger partial charge in [-0.3, -0.25) is 0 Å². The second kappa shape index (κ2) is 11.4. The molecule has 3 aromatic carbocycles. The van der Waals surface area contributed by atoms with Gasteiger partial charge in [0.1, 0.15) is 35.6 Å². The fraction of sp³-hybridized carbons (Fsp3) is 0.192. The molecule has 4 rings (SSSR count). The monoisotopic (exact) mass is 457 g/mol. The maximum Gasteiger partial charge on any atom is 0.222 e. The standard InChI is InChI=1S/C22H16ClF2NO2.C2H6.C2H4/c1-12-9-15(10-16(23)21(12)27)13-5-7-14(8-6-13)19-11-28-22(26-19)20-17(24)3-2-4-18(20)25;2*1-2/h2-10,19,27H,11H2,1H3;1-2H3;1-2H2. The van der Waals surface area contributed by atoms with Crippen molar-refractivity contribution < 1.29 is 18.6 Å². The SMILES string of the molecule is C=C.CC.Cc1cc(-c2ccc(C3COC(c4c(F)cccc4F)=N3)cc2)cc(Cl)c1O. The van der Waals surface area contributed by atoms with Crippen molar-refractivity contribution in [1.29, 1.82) is 0 Å². The van der Waals surface area contributed by atoms with Gasteiger partial charge in [-0.25, -0.2) is 13.8 Å². The number of ether oxygens (including phenoxy) is 1. The molecule has 0 aliphatic carbocycles. The minimum atomic E-state index is -0.700. The van der Waals surface area contributed by atoms with Gasteiger partial charge in [-0.15, -0.1) is 13.2 Å². The second-order valence-corrected chi connectivity index (χ2v) is 7.01. The molecule has 3 aromatic rings. The highest BCUT2D eigenvalue weighted by atomic mass is 35.5. The van der Waals surface area contributed by atoms with Gasteiger partial charge >= 0.3 is 0 Å². The average molecular weight is 458 g/mol. The molecule has 0 aromatic heterocycles. The van der Waals surface area contributed by atoms with Crippen LogP contribution in [0.15, 0.2) is 72.7 Å². The zero-order chi connectivity index (χ0) is 23.8. The number of halogens is 3. The lowest BCUT2D eigenvalue weighted by atomic mass is 10.00. The number of aliphatic imine (C=N–C) groups is 1. The van der Waals surface area contributed by atoms with Gasteiger partial charge in [0.25, 0.3) is 0 Å². The Morgan fingerprint density at radius 1 is 1.00 bits per heavy atom. The van der Waals surface area contributed by atoms with Crippen LogP contribution in [0.5, 0.6) is 5.75 Å². The number of hydrogen-bond acceptors (Lipinski definition) is 3. The molecule has 0 radical (unpaired) electrons.